The van der Waals surface area contributed by atoms with Gasteiger partial charge in [0.25, 0.3) is 5.69 Å². The van der Waals surface area contributed by atoms with E-state index >= 15 is 0 Å². The SMILES string of the molecule is CCc1cnc(CNc2ccc([N+](=O)[O-])c(C(=O)O)c2)s1. The standard InChI is InChI=1S/C13H13N3O4S/c1-2-9-6-15-12(21-9)7-14-8-3-4-11(16(19)20)10(5-8)13(17)18/h3-6,14H,2,7H2,1H3,(H,17,18). The van der Waals surface area contributed by atoms with Gasteiger partial charge in [-0.2, -0.15) is 0 Å². The van der Waals surface area contributed by atoms with E-state index in [-0.39, 0.29) is 5.56 Å². The maximum absolute atomic E-state index is 11.1. The lowest BCUT2D eigenvalue weighted by atomic mass is 10.1. The van der Waals surface area contributed by atoms with Crippen LogP contribution < -0.4 is 5.32 Å². The van der Waals surface area contributed by atoms with E-state index in [1.807, 2.05) is 6.92 Å². The van der Waals surface area contributed by atoms with Crippen LogP contribution in [-0.2, 0) is 13.0 Å². The first-order valence-electron chi connectivity index (χ1n) is 6.20. The number of carboxylic acids is 1. The fourth-order valence-electron chi connectivity index (χ4n) is 1.75. The number of hydrogen-bond donors (Lipinski definition) is 2. The Balaban J connectivity index is 2.15. The van der Waals surface area contributed by atoms with Crippen LogP contribution in [0.5, 0.6) is 0 Å². The minimum Gasteiger partial charge on any atom is -0.477 e. The predicted octanol–water partition coefficient (Wildman–Crippen LogP) is 2.92. The normalized spacial score (nSPS) is 10.3. The monoisotopic (exact) mass is 307 g/mol. The lowest BCUT2D eigenvalue weighted by Crippen LogP contribution is -2.05. The minimum absolute atomic E-state index is 0.335. The second kappa shape index (κ2) is 6.31. The van der Waals surface area contributed by atoms with Gasteiger partial charge < -0.3 is 10.4 Å². The van der Waals surface area contributed by atoms with Gasteiger partial charge in [-0.25, -0.2) is 9.78 Å². The van der Waals surface area contributed by atoms with Gasteiger partial charge >= 0.3 is 5.97 Å². The Labute approximate surface area is 124 Å². The van der Waals surface area contributed by atoms with Crippen molar-refractivity contribution in [3.05, 3.63) is 50.0 Å². The van der Waals surface area contributed by atoms with E-state index < -0.39 is 16.6 Å². The highest BCUT2D eigenvalue weighted by Gasteiger charge is 2.19. The van der Waals surface area contributed by atoms with Crippen molar-refractivity contribution in [2.24, 2.45) is 0 Å². The van der Waals surface area contributed by atoms with Gasteiger partial charge in [0, 0.05) is 22.8 Å². The molecule has 0 saturated heterocycles. The van der Waals surface area contributed by atoms with Crippen LogP contribution in [0.4, 0.5) is 11.4 Å². The van der Waals surface area contributed by atoms with E-state index in [0.717, 1.165) is 11.4 Å². The van der Waals surface area contributed by atoms with Gasteiger partial charge in [0.15, 0.2) is 0 Å². The average molecular weight is 307 g/mol. The lowest BCUT2D eigenvalue weighted by Gasteiger charge is -2.05. The van der Waals surface area contributed by atoms with Gasteiger partial charge in [-0.3, -0.25) is 10.1 Å². The van der Waals surface area contributed by atoms with Crippen molar-refractivity contribution in [1.82, 2.24) is 4.98 Å². The number of aryl methyl sites for hydroxylation is 1. The minimum atomic E-state index is -1.33. The number of nitro groups is 1. The first-order valence-corrected chi connectivity index (χ1v) is 7.02. The van der Waals surface area contributed by atoms with Gasteiger partial charge in [0.2, 0.25) is 0 Å². The van der Waals surface area contributed by atoms with Crippen LogP contribution in [-0.4, -0.2) is 21.0 Å². The molecule has 8 heteroatoms. The van der Waals surface area contributed by atoms with Crippen molar-refractivity contribution in [2.45, 2.75) is 19.9 Å². The van der Waals surface area contributed by atoms with Gasteiger partial charge in [0.05, 0.1) is 11.5 Å². The van der Waals surface area contributed by atoms with E-state index in [0.29, 0.717) is 12.2 Å². The van der Waals surface area contributed by atoms with Gasteiger partial charge in [-0.05, 0) is 18.6 Å². The number of nitro benzene ring substituents is 1. The molecule has 0 amide bonds. The first-order chi connectivity index (χ1) is 10.0. The van der Waals surface area contributed by atoms with E-state index in [1.54, 1.807) is 17.5 Å². The summed E-state index contributed by atoms with van der Waals surface area (Å²) in [4.78, 5) is 26.5. The molecule has 0 fully saturated rings. The van der Waals surface area contributed by atoms with Gasteiger partial charge in [-0.1, -0.05) is 6.92 Å². The molecule has 7 nitrogen and oxygen atoms in total. The second-order valence-electron chi connectivity index (χ2n) is 4.22. The summed E-state index contributed by atoms with van der Waals surface area (Å²) in [6.45, 7) is 2.49. The summed E-state index contributed by atoms with van der Waals surface area (Å²) in [5.74, 6) is -1.33. The van der Waals surface area contributed by atoms with E-state index in [1.165, 1.54) is 23.1 Å². The Bertz CT molecular complexity index is 684. The molecule has 0 bridgehead atoms. The number of carboxylic acid groups (broad SMARTS) is 1. The molecule has 2 N–H and O–H groups in total. The highest BCUT2D eigenvalue weighted by atomic mass is 32.1. The molecule has 110 valence electrons. The quantitative estimate of drug-likeness (QED) is 0.628. The number of nitrogens with one attached hydrogen (secondary N) is 1. The summed E-state index contributed by atoms with van der Waals surface area (Å²) >= 11 is 1.57. The number of aromatic nitrogens is 1. The van der Waals surface area contributed by atoms with E-state index in [4.69, 9.17) is 5.11 Å². The molecule has 0 saturated carbocycles. The molecule has 0 aliphatic heterocycles. The van der Waals surface area contributed by atoms with Crippen LogP contribution in [0.1, 0.15) is 27.2 Å². The molecular formula is C13H13N3O4S. The lowest BCUT2D eigenvalue weighted by molar-refractivity contribution is -0.385. The molecule has 0 radical (unpaired) electrons. The molecule has 0 atom stereocenters. The summed E-state index contributed by atoms with van der Waals surface area (Å²) in [7, 11) is 0. The summed E-state index contributed by atoms with van der Waals surface area (Å²) < 4.78 is 0. The Morgan fingerprint density at radius 2 is 2.29 bits per heavy atom. The second-order valence-corrected chi connectivity index (χ2v) is 5.42. The maximum atomic E-state index is 11.1. The van der Waals surface area contributed by atoms with Crippen LogP contribution in [0.3, 0.4) is 0 Å². The van der Waals surface area contributed by atoms with Crippen molar-refractivity contribution in [3.63, 3.8) is 0 Å². The number of anilines is 1. The Hall–Kier alpha value is -2.48. The topological polar surface area (TPSA) is 105 Å². The molecule has 1 aromatic heterocycles. The highest BCUT2D eigenvalue weighted by molar-refractivity contribution is 7.11. The number of rotatable bonds is 6. The first kappa shape index (κ1) is 14.9. The third-order valence-electron chi connectivity index (χ3n) is 2.82. The number of carbonyl (C=O) groups is 1. The van der Waals surface area contributed by atoms with Crippen LogP contribution >= 0.6 is 11.3 Å². The van der Waals surface area contributed by atoms with Crippen molar-refractivity contribution in [3.8, 4) is 0 Å². The van der Waals surface area contributed by atoms with Crippen LogP contribution in [0, 0.1) is 10.1 Å². The molecule has 0 unspecified atom stereocenters. The number of aromatic carboxylic acids is 1. The average Bonchev–Trinajstić information content (AvgIpc) is 2.92. The molecular weight excluding hydrogens is 294 g/mol. The molecule has 0 aliphatic rings. The zero-order valence-corrected chi connectivity index (χ0v) is 12.0. The fraction of sp³-hybridized carbons (Fsp3) is 0.231. The van der Waals surface area contributed by atoms with Crippen LogP contribution in [0.25, 0.3) is 0 Å². The molecule has 0 spiro atoms. The van der Waals surface area contributed by atoms with Crippen LogP contribution in [0.2, 0.25) is 0 Å². The Morgan fingerprint density at radius 3 is 2.86 bits per heavy atom. The smallest absolute Gasteiger partial charge is 0.342 e. The number of hydrogen-bond acceptors (Lipinski definition) is 6. The molecule has 2 aromatic rings. The summed E-state index contributed by atoms with van der Waals surface area (Å²) in [6, 6.07) is 3.93. The molecule has 2 rings (SSSR count). The Kier molecular flexibility index (Phi) is 4.49. The van der Waals surface area contributed by atoms with E-state index in [9.17, 15) is 14.9 Å². The zero-order chi connectivity index (χ0) is 15.4. The van der Waals surface area contributed by atoms with Gasteiger partial charge in [-0.15, -0.1) is 11.3 Å². The predicted molar refractivity (Wildman–Crippen MR) is 78.9 cm³/mol. The largest absolute Gasteiger partial charge is 0.477 e. The number of thiazole rings is 1. The highest BCUT2D eigenvalue weighted by Crippen LogP contribution is 2.23. The molecule has 0 aliphatic carbocycles. The van der Waals surface area contributed by atoms with Crippen molar-refractivity contribution in [1.29, 1.82) is 0 Å². The fourth-order valence-corrected chi connectivity index (χ4v) is 2.55. The van der Waals surface area contributed by atoms with Crippen molar-refractivity contribution >= 4 is 28.7 Å². The Morgan fingerprint density at radius 1 is 1.52 bits per heavy atom. The third-order valence-corrected chi connectivity index (χ3v) is 3.96. The molecule has 1 aromatic carbocycles. The zero-order valence-electron chi connectivity index (χ0n) is 11.2. The third kappa shape index (κ3) is 3.54. The van der Waals surface area contributed by atoms with Crippen molar-refractivity contribution < 1.29 is 14.8 Å². The van der Waals surface area contributed by atoms with Crippen molar-refractivity contribution in [2.75, 3.05) is 5.32 Å². The number of benzene rings is 1. The van der Waals surface area contributed by atoms with E-state index in [2.05, 4.69) is 10.3 Å². The number of nitrogens with zero attached hydrogens (tertiary/aromatic N) is 2. The molecule has 1 heterocycles. The maximum Gasteiger partial charge on any atom is 0.342 e. The van der Waals surface area contributed by atoms with Gasteiger partial charge in [0.1, 0.15) is 10.6 Å². The molecule has 21 heavy (non-hydrogen) atoms. The summed E-state index contributed by atoms with van der Waals surface area (Å²) in [5, 5.41) is 23.7. The van der Waals surface area contributed by atoms with Crippen LogP contribution in [0.15, 0.2) is 24.4 Å². The summed E-state index contributed by atoms with van der Waals surface area (Å²) in [6.07, 6.45) is 2.72. The summed E-state index contributed by atoms with van der Waals surface area (Å²) in [5.41, 5.74) is -0.250.